The Labute approximate surface area is 150 Å². The van der Waals surface area contributed by atoms with Crippen molar-refractivity contribution >= 4 is 17.7 Å². The summed E-state index contributed by atoms with van der Waals surface area (Å²) in [5, 5.41) is 0. The van der Waals surface area contributed by atoms with Crippen molar-refractivity contribution in [2.45, 2.75) is 50.0 Å². The van der Waals surface area contributed by atoms with Gasteiger partial charge in [0.15, 0.2) is 0 Å². The minimum absolute atomic E-state index is 0.321. The molecule has 4 nitrogen and oxygen atoms in total. The van der Waals surface area contributed by atoms with Crippen molar-refractivity contribution in [3.63, 3.8) is 0 Å². The second kappa shape index (κ2) is 6.17. The Kier molecular flexibility index (Phi) is 4.11. The molecule has 0 radical (unpaired) electrons. The molecule has 1 aromatic rings. The Bertz CT molecular complexity index is 727. The van der Waals surface area contributed by atoms with Crippen LogP contribution in [0.3, 0.4) is 0 Å². The minimum atomic E-state index is -0.348. The van der Waals surface area contributed by atoms with E-state index in [0.29, 0.717) is 11.5 Å². The van der Waals surface area contributed by atoms with Gasteiger partial charge in [0.25, 0.3) is 0 Å². The fourth-order valence-corrected chi connectivity index (χ4v) is 5.66. The molecular weight excluding hydrogens is 312 g/mol. The maximum atomic E-state index is 11.4. The number of nitrogen functional groups attached to an aromatic ring is 1. The molecule has 134 valence electrons. The maximum Gasteiger partial charge on any atom is 0.330 e. The topological polar surface area (TPSA) is 55.6 Å². The molecule has 2 bridgehead atoms. The number of methoxy groups -OCH3 is 1. The van der Waals surface area contributed by atoms with Gasteiger partial charge in [0.2, 0.25) is 0 Å². The number of piperidine rings is 1. The van der Waals surface area contributed by atoms with Crippen molar-refractivity contribution in [3.8, 4) is 0 Å². The molecule has 0 spiro atoms. The lowest BCUT2D eigenvalue weighted by Gasteiger charge is -2.58. The molecule has 2 N–H and O–H groups in total. The number of ether oxygens (including phenoxy) is 1. The van der Waals surface area contributed by atoms with E-state index >= 15 is 0 Å². The van der Waals surface area contributed by atoms with E-state index < -0.39 is 0 Å². The summed E-state index contributed by atoms with van der Waals surface area (Å²) in [6.07, 6.45) is 10.9. The van der Waals surface area contributed by atoms with Crippen molar-refractivity contribution in [2.75, 3.05) is 26.4 Å². The first kappa shape index (κ1) is 16.6. The Morgan fingerprint density at radius 2 is 2.20 bits per heavy atom. The number of hydrogen-bond donors (Lipinski definition) is 1. The van der Waals surface area contributed by atoms with Gasteiger partial charge in [0, 0.05) is 23.2 Å². The average molecular weight is 340 g/mol. The van der Waals surface area contributed by atoms with Gasteiger partial charge in [-0.05, 0) is 80.1 Å². The Balaban J connectivity index is 1.79. The van der Waals surface area contributed by atoms with Crippen LogP contribution in [0.25, 0.3) is 6.08 Å². The third kappa shape index (κ3) is 2.58. The number of hydrogen-bond acceptors (Lipinski definition) is 4. The number of likely N-dealkylation sites (tertiary alicyclic amines) is 1. The van der Waals surface area contributed by atoms with Gasteiger partial charge in [0.1, 0.15) is 0 Å². The minimum Gasteiger partial charge on any atom is -0.466 e. The van der Waals surface area contributed by atoms with Gasteiger partial charge in [-0.15, -0.1) is 0 Å². The van der Waals surface area contributed by atoms with Gasteiger partial charge in [0.05, 0.1) is 7.11 Å². The zero-order chi connectivity index (χ0) is 17.6. The molecule has 4 rings (SSSR count). The molecule has 1 aromatic carbocycles. The van der Waals surface area contributed by atoms with E-state index in [1.54, 1.807) is 6.08 Å². The molecule has 3 atom stereocenters. The van der Waals surface area contributed by atoms with Crippen LogP contribution in [0.2, 0.25) is 0 Å². The van der Waals surface area contributed by atoms with Crippen LogP contribution in [-0.2, 0) is 21.4 Å². The quantitative estimate of drug-likeness (QED) is 0.510. The summed E-state index contributed by atoms with van der Waals surface area (Å²) in [6.45, 7) is 1.19. The number of likely N-dealkylation sites (N-methyl/N-ethyl adjacent to an activating group) is 1. The molecule has 1 aliphatic heterocycles. The second-order valence-corrected chi connectivity index (χ2v) is 8.01. The highest BCUT2D eigenvalue weighted by atomic mass is 16.5. The smallest absolute Gasteiger partial charge is 0.330 e. The molecular formula is C21H28N2O2. The number of carbonyl (C=O) groups is 1. The van der Waals surface area contributed by atoms with Crippen molar-refractivity contribution in [1.29, 1.82) is 0 Å². The van der Waals surface area contributed by atoms with E-state index in [9.17, 15) is 4.79 Å². The molecule has 0 amide bonds. The van der Waals surface area contributed by atoms with Gasteiger partial charge in [-0.2, -0.15) is 0 Å². The summed E-state index contributed by atoms with van der Waals surface area (Å²) in [6, 6.07) is 5.07. The normalized spacial score (nSPS) is 31.4. The molecule has 2 aliphatic carbocycles. The number of carbonyl (C=O) groups excluding carboxylic acids is 1. The van der Waals surface area contributed by atoms with Crippen LogP contribution in [0.1, 0.15) is 48.8 Å². The first-order valence-corrected chi connectivity index (χ1v) is 9.44. The molecule has 3 aliphatic rings. The standard InChI is InChI=1S/C21H28N2O2/c1-23-10-9-21-8-4-3-5-16(21)19(23)12-15-11-14(6-7-20(24)25-2)18(22)13-17(15)21/h6-7,11,13,16,19H,3-5,8-10,12,22H2,1-2H3/b7-6+/t16-,19+,21+/m0/s1. The number of fused-ring (bicyclic) bond motifs is 1. The third-order valence-corrected chi connectivity index (χ3v) is 6.91. The van der Waals surface area contributed by atoms with Gasteiger partial charge >= 0.3 is 5.97 Å². The highest BCUT2D eigenvalue weighted by Gasteiger charge is 2.53. The monoisotopic (exact) mass is 340 g/mol. The predicted octanol–water partition coefficient (Wildman–Crippen LogP) is 3.14. The van der Waals surface area contributed by atoms with Crippen LogP contribution in [-0.4, -0.2) is 37.6 Å². The van der Waals surface area contributed by atoms with Crippen molar-refractivity contribution in [2.24, 2.45) is 5.92 Å². The molecule has 0 aromatic heterocycles. The zero-order valence-electron chi connectivity index (χ0n) is 15.3. The fourth-order valence-electron chi connectivity index (χ4n) is 5.66. The van der Waals surface area contributed by atoms with Gasteiger partial charge in [-0.3, -0.25) is 0 Å². The summed E-state index contributed by atoms with van der Waals surface area (Å²) < 4.78 is 4.70. The highest BCUT2D eigenvalue weighted by molar-refractivity contribution is 5.88. The molecule has 1 saturated heterocycles. The molecule has 0 unspecified atom stereocenters. The summed E-state index contributed by atoms with van der Waals surface area (Å²) in [5.74, 6) is 0.419. The lowest BCUT2D eigenvalue weighted by Crippen LogP contribution is -2.59. The number of nitrogens with zero attached hydrogens (tertiary/aromatic N) is 1. The van der Waals surface area contributed by atoms with Crippen LogP contribution < -0.4 is 5.73 Å². The maximum absolute atomic E-state index is 11.4. The van der Waals surface area contributed by atoms with E-state index in [-0.39, 0.29) is 5.97 Å². The number of esters is 1. The summed E-state index contributed by atoms with van der Waals surface area (Å²) in [5.41, 5.74) is 11.3. The van der Waals surface area contributed by atoms with Crippen LogP contribution in [0.4, 0.5) is 5.69 Å². The Hall–Kier alpha value is -1.81. The molecule has 4 heteroatoms. The van der Waals surface area contributed by atoms with Crippen LogP contribution in [0.5, 0.6) is 0 Å². The lowest BCUT2D eigenvalue weighted by molar-refractivity contribution is -0.134. The van der Waals surface area contributed by atoms with Crippen LogP contribution in [0, 0.1) is 5.92 Å². The predicted molar refractivity (Wildman–Crippen MR) is 100 cm³/mol. The lowest BCUT2D eigenvalue weighted by atomic mass is 9.52. The third-order valence-electron chi connectivity index (χ3n) is 6.91. The number of anilines is 1. The van der Waals surface area contributed by atoms with E-state index in [0.717, 1.165) is 23.6 Å². The zero-order valence-corrected chi connectivity index (χ0v) is 15.3. The van der Waals surface area contributed by atoms with Gasteiger partial charge in [-0.25, -0.2) is 4.79 Å². The highest BCUT2D eigenvalue weighted by Crippen LogP contribution is 2.56. The van der Waals surface area contributed by atoms with Crippen LogP contribution in [0.15, 0.2) is 18.2 Å². The first-order chi connectivity index (χ1) is 12.0. The molecule has 2 fully saturated rings. The van der Waals surface area contributed by atoms with E-state index in [4.69, 9.17) is 10.5 Å². The average Bonchev–Trinajstić information content (AvgIpc) is 2.63. The first-order valence-electron chi connectivity index (χ1n) is 9.44. The second-order valence-electron chi connectivity index (χ2n) is 8.01. The van der Waals surface area contributed by atoms with Gasteiger partial charge < -0.3 is 15.4 Å². The number of nitrogens with two attached hydrogens (primary N) is 1. The molecule has 1 saturated carbocycles. The SMILES string of the molecule is COC(=O)/C=C/c1cc2c(cc1N)[C@@]13CCCC[C@H]1[C@@H](C2)N(C)CC3. The van der Waals surface area contributed by atoms with Crippen molar-refractivity contribution in [1.82, 2.24) is 4.90 Å². The molecule has 25 heavy (non-hydrogen) atoms. The Morgan fingerprint density at radius 3 is 3.00 bits per heavy atom. The Morgan fingerprint density at radius 1 is 1.36 bits per heavy atom. The summed E-state index contributed by atoms with van der Waals surface area (Å²) in [7, 11) is 3.67. The van der Waals surface area contributed by atoms with E-state index in [2.05, 4.69) is 24.1 Å². The number of benzene rings is 1. The fraction of sp³-hybridized carbons (Fsp3) is 0.571. The van der Waals surface area contributed by atoms with E-state index in [1.807, 2.05) is 0 Å². The van der Waals surface area contributed by atoms with E-state index in [1.165, 1.54) is 63.0 Å². The number of rotatable bonds is 2. The van der Waals surface area contributed by atoms with Gasteiger partial charge in [-0.1, -0.05) is 12.8 Å². The van der Waals surface area contributed by atoms with Crippen molar-refractivity contribution < 1.29 is 9.53 Å². The van der Waals surface area contributed by atoms with Crippen LogP contribution >= 0.6 is 0 Å². The van der Waals surface area contributed by atoms with Crippen molar-refractivity contribution in [3.05, 3.63) is 34.9 Å². The summed E-state index contributed by atoms with van der Waals surface area (Å²) >= 11 is 0. The summed E-state index contributed by atoms with van der Waals surface area (Å²) in [4.78, 5) is 14.0. The largest absolute Gasteiger partial charge is 0.466 e. The molecule has 1 heterocycles.